The number of morpholine rings is 1. The Balaban J connectivity index is 1.92. The Morgan fingerprint density at radius 2 is 2.18 bits per heavy atom. The van der Waals surface area contributed by atoms with Crippen LogP contribution in [0.15, 0.2) is 24.3 Å². The Hall–Kier alpha value is -1.80. The fourth-order valence-corrected chi connectivity index (χ4v) is 2.03. The van der Waals surface area contributed by atoms with Crippen LogP contribution in [0.25, 0.3) is 0 Å². The molecule has 1 aromatic rings. The van der Waals surface area contributed by atoms with Crippen LogP contribution in [0.2, 0.25) is 0 Å². The molecule has 5 nitrogen and oxygen atoms in total. The van der Waals surface area contributed by atoms with Gasteiger partial charge in [-0.25, -0.2) is 0 Å². The Morgan fingerprint density at radius 1 is 1.41 bits per heavy atom. The number of hydrogen-bond acceptors (Lipinski definition) is 4. The number of carbonyl (C=O) groups is 1. The molecule has 1 aromatic carbocycles. The summed E-state index contributed by atoms with van der Waals surface area (Å²) in [6, 6.07) is 5.92. The van der Waals surface area contributed by atoms with E-state index < -0.39 is 12.8 Å². The molecule has 2 N–H and O–H groups in total. The summed E-state index contributed by atoms with van der Waals surface area (Å²) in [5.41, 5.74) is 0.216. The lowest BCUT2D eigenvalue weighted by molar-refractivity contribution is -0.153. The van der Waals surface area contributed by atoms with E-state index >= 15 is 0 Å². The van der Waals surface area contributed by atoms with E-state index in [1.54, 1.807) is 6.07 Å². The number of ether oxygens (including phenoxy) is 2. The Labute approximate surface area is 125 Å². The van der Waals surface area contributed by atoms with Crippen LogP contribution in [0.5, 0.6) is 5.75 Å². The Bertz CT molecular complexity index is 502. The molecule has 0 bridgehead atoms. The van der Waals surface area contributed by atoms with E-state index in [2.05, 4.69) is 10.6 Å². The Morgan fingerprint density at radius 3 is 2.86 bits per heavy atom. The van der Waals surface area contributed by atoms with Crippen LogP contribution in [0.3, 0.4) is 0 Å². The lowest BCUT2D eigenvalue weighted by atomic mass is 10.2. The van der Waals surface area contributed by atoms with Crippen LogP contribution < -0.4 is 15.4 Å². The van der Waals surface area contributed by atoms with E-state index in [0.717, 1.165) is 0 Å². The van der Waals surface area contributed by atoms with Crippen LogP contribution >= 0.6 is 0 Å². The van der Waals surface area contributed by atoms with Gasteiger partial charge in [0.05, 0.1) is 18.9 Å². The van der Waals surface area contributed by atoms with Crippen LogP contribution in [-0.2, 0) is 9.53 Å². The molecular weight excluding hydrogens is 301 g/mol. The maximum absolute atomic E-state index is 12.2. The smallest absolute Gasteiger partial charge is 0.422 e. The standard InChI is InChI=1S/C14H17F3N2O3/c15-14(16,17)9-22-12-4-2-1-3-11(12)19-13(20)7-10-8-21-6-5-18-10/h1-4,10,18H,5-9H2,(H,19,20). The molecule has 0 aromatic heterocycles. The molecule has 0 aliphatic carbocycles. The summed E-state index contributed by atoms with van der Waals surface area (Å²) in [5, 5.41) is 5.70. The maximum Gasteiger partial charge on any atom is 0.422 e. The van der Waals surface area contributed by atoms with Crippen molar-refractivity contribution in [3.63, 3.8) is 0 Å². The summed E-state index contributed by atoms with van der Waals surface area (Å²) in [6.45, 7) is 0.299. The van der Waals surface area contributed by atoms with E-state index in [-0.39, 0.29) is 29.8 Å². The predicted octanol–water partition coefficient (Wildman–Crippen LogP) is 1.94. The number of benzene rings is 1. The molecule has 1 fully saturated rings. The van der Waals surface area contributed by atoms with Crippen molar-refractivity contribution in [2.75, 3.05) is 31.7 Å². The minimum Gasteiger partial charge on any atom is -0.482 e. The summed E-state index contributed by atoms with van der Waals surface area (Å²) >= 11 is 0. The van der Waals surface area contributed by atoms with Gasteiger partial charge < -0.3 is 20.1 Å². The van der Waals surface area contributed by atoms with E-state index in [9.17, 15) is 18.0 Å². The second-order valence-corrected chi connectivity index (χ2v) is 4.88. The summed E-state index contributed by atoms with van der Waals surface area (Å²) in [5.74, 6) is -0.327. The molecule has 22 heavy (non-hydrogen) atoms. The normalized spacial score (nSPS) is 18.8. The number of nitrogens with one attached hydrogen (secondary N) is 2. The fourth-order valence-electron chi connectivity index (χ4n) is 2.03. The fraction of sp³-hybridized carbons (Fsp3) is 0.500. The number of halogens is 3. The SMILES string of the molecule is O=C(CC1COCCN1)Nc1ccccc1OCC(F)(F)F. The molecule has 1 aliphatic rings. The van der Waals surface area contributed by atoms with Gasteiger partial charge in [-0.15, -0.1) is 0 Å². The quantitative estimate of drug-likeness (QED) is 0.871. The number of hydrogen-bond donors (Lipinski definition) is 2. The molecule has 0 saturated carbocycles. The average Bonchev–Trinajstić information content (AvgIpc) is 2.46. The molecule has 1 heterocycles. The first-order valence-corrected chi connectivity index (χ1v) is 6.83. The maximum atomic E-state index is 12.2. The minimum absolute atomic E-state index is 0.0129. The van der Waals surface area contributed by atoms with Gasteiger partial charge in [-0.2, -0.15) is 13.2 Å². The van der Waals surface area contributed by atoms with Gasteiger partial charge in [-0.05, 0) is 12.1 Å². The lowest BCUT2D eigenvalue weighted by Crippen LogP contribution is -2.43. The molecule has 1 amide bonds. The molecule has 8 heteroatoms. The zero-order chi connectivity index (χ0) is 16.0. The highest BCUT2D eigenvalue weighted by molar-refractivity contribution is 5.92. The molecule has 122 valence electrons. The van der Waals surface area contributed by atoms with Crippen molar-refractivity contribution in [2.24, 2.45) is 0 Å². The highest BCUT2D eigenvalue weighted by atomic mass is 19.4. The first-order valence-electron chi connectivity index (χ1n) is 6.83. The summed E-state index contributed by atoms with van der Waals surface area (Å²) in [7, 11) is 0. The highest BCUT2D eigenvalue weighted by Crippen LogP contribution is 2.26. The van der Waals surface area contributed by atoms with Gasteiger partial charge in [0, 0.05) is 19.0 Å². The first-order chi connectivity index (χ1) is 10.4. The van der Waals surface area contributed by atoms with Gasteiger partial charge in [0.2, 0.25) is 5.91 Å². The van der Waals surface area contributed by atoms with Crippen molar-refractivity contribution in [3.8, 4) is 5.75 Å². The van der Waals surface area contributed by atoms with Gasteiger partial charge in [0.1, 0.15) is 5.75 Å². The van der Waals surface area contributed by atoms with Crippen LogP contribution in [0.4, 0.5) is 18.9 Å². The van der Waals surface area contributed by atoms with Crippen molar-refractivity contribution in [3.05, 3.63) is 24.3 Å². The summed E-state index contributed by atoms with van der Waals surface area (Å²) < 4.78 is 46.6. The van der Waals surface area contributed by atoms with Crippen molar-refractivity contribution in [1.29, 1.82) is 0 Å². The number of carbonyl (C=O) groups excluding carboxylic acids is 1. The molecule has 0 radical (unpaired) electrons. The van der Waals surface area contributed by atoms with E-state index in [4.69, 9.17) is 9.47 Å². The van der Waals surface area contributed by atoms with Gasteiger partial charge in [0.25, 0.3) is 0 Å². The molecular formula is C14H17F3N2O3. The third kappa shape index (κ3) is 5.53. The number of para-hydroxylation sites is 2. The topological polar surface area (TPSA) is 59.6 Å². The molecule has 0 spiro atoms. The number of amides is 1. The lowest BCUT2D eigenvalue weighted by Gasteiger charge is -2.23. The zero-order valence-electron chi connectivity index (χ0n) is 11.8. The second-order valence-electron chi connectivity index (χ2n) is 4.88. The Kier molecular flexibility index (Phi) is 5.62. The molecule has 1 unspecified atom stereocenters. The molecule has 1 saturated heterocycles. The summed E-state index contributed by atoms with van der Waals surface area (Å²) in [6.07, 6.45) is -4.26. The van der Waals surface area contributed by atoms with Crippen molar-refractivity contribution in [1.82, 2.24) is 5.32 Å². The average molecular weight is 318 g/mol. The number of alkyl halides is 3. The van der Waals surface area contributed by atoms with Gasteiger partial charge in [-0.3, -0.25) is 4.79 Å². The van der Waals surface area contributed by atoms with Crippen LogP contribution in [0, 0.1) is 0 Å². The van der Waals surface area contributed by atoms with Gasteiger partial charge >= 0.3 is 6.18 Å². The van der Waals surface area contributed by atoms with Crippen molar-refractivity contribution in [2.45, 2.75) is 18.6 Å². The van der Waals surface area contributed by atoms with Gasteiger partial charge in [0.15, 0.2) is 6.61 Å². The second kappa shape index (κ2) is 7.46. The largest absolute Gasteiger partial charge is 0.482 e. The third-order valence-corrected chi connectivity index (χ3v) is 2.98. The summed E-state index contributed by atoms with van der Waals surface area (Å²) in [4.78, 5) is 11.9. The van der Waals surface area contributed by atoms with E-state index in [0.29, 0.717) is 19.8 Å². The first kappa shape index (κ1) is 16.6. The molecule has 2 rings (SSSR count). The van der Waals surface area contributed by atoms with Gasteiger partial charge in [-0.1, -0.05) is 12.1 Å². The van der Waals surface area contributed by atoms with Crippen LogP contribution in [-0.4, -0.2) is 44.5 Å². The molecule has 1 aliphatic heterocycles. The highest BCUT2D eigenvalue weighted by Gasteiger charge is 2.29. The number of anilines is 1. The monoisotopic (exact) mass is 318 g/mol. The van der Waals surface area contributed by atoms with Crippen LogP contribution in [0.1, 0.15) is 6.42 Å². The minimum atomic E-state index is -4.43. The third-order valence-electron chi connectivity index (χ3n) is 2.98. The number of rotatable bonds is 5. The zero-order valence-corrected chi connectivity index (χ0v) is 11.8. The van der Waals surface area contributed by atoms with Crippen molar-refractivity contribution >= 4 is 11.6 Å². The predicted molar refractivity (Wildman–Crippen MR) is 73.8 cm³/mol. The van der Waals surface area contributed by atoms with E-state index in [1.165, 1.54) is 18.2 Å². The van der Waals surface area contributed by atoms with E-state index in [1.807, 2.05) is 0 Å². The van der Waals surface area contributed by atoms with Crippen molar-refractivity contribution < 1.29 is 27.4 Å². The molecule has 1 atom stereocenters.